The summed E-state index contributed by atoms with van der Waals surface area (Å²) < 4.78 is 11.2. The van der Waals surface area contributed by atoms with E-state index in [-0.39, 0.29) is 6.04 Å². The molecule has 5 rings (SSSR count). The zero-order valence-corrected chi connectivity index (χ0v) is 17.0. The number of ether oxygens (including phenoxy) is 2. The molecule has 0 saturated carbocycles. The first-order chi connectivity index (χ1) is 15.2. The van der Waals surface area contributed by atoms with Gasteiger partial charge >= 0.3 is 0 Å². The standard InChI is InChI=1S/C25H22N4O2/c1-30-18-11-7-16(8-12-18)21-15-22-23(25(26)29-28-22)24(27-21)17-9-13-20(14-10-17)31-19-5-3-2-4-6-19/h2-15,21,27-28H,1H3,(H2,26,29). The molecular formula is C25H22N4O2. The van der Waals surface area contributed by atoms with E-state index in [0.29, 0.717) is 5.82 Å². The molecule has 0 bridgehead atoms. The summed E-state index contributed by atoms with van der Waals surface area (Å²) in [7, 11) is 1.66. The van der Waals surface area contributed by atoms with Crippen LogP contribution in [0.1, 0.15) is 17.2 Å². The van der Waals surface area contributed by atoms with Gasteiger partial charge in [-0.15, -0.1) is 0 Å². The van der Waals surface area contributed by atoms with Crippen LogP contribution in [0.5, 0.6) is 17.2 Å². The van der Waals surface area contributed by atoms with Gasteiger partial charge in [-0.3, -0.25) is 5.10 Å². The van der Waals surface area contributed by atoms with Crippen molar-refractivity contribution in [3.8, 4) is 17.2 Å². The largest absolute Gasteiger partial charge is 0.497 e. The van der Waals surface area contributed by atoms with Crippen LogP contribution in [0, 0.1) is 0 Å². The summed E-state index contributed by atoms with van der Waals surface area (Å²) in [5.41, 5.74) is 9.22. The Bertz CT molecular complexity index is 1310. The number of benzene rings is 3. The van der Waals surface area contributed by atoms with Gasteiger partial charge in [0.05, 0.1) is 29.4 Å². The van der Waals surface area contributed by atoms with Gasteiger partial charge in [-0.05, 0) is 65.7 Å². The lowest BCUT2D eigenvalue weighted by molar-refractivity contribution is 0.414. The van der Waals surface area contributed by atoms with E-state index in [1.165, 1.54) is 0 Å². The van der Waals surface area contributed by atoms with Crippen molar-refractivity contribution in [2.45, 2.75) is 6.04 Å². The number of fused-ring (bicyclic) bond motifs is 1. The van der Waals surface area contributed by atoms with Gasteiger partial charge in [-0.25, -0.2) is 0 Å². The van der Waals surface area contributed by atoms with E-state index in [1.807, 2.05) is 78.9 Å². The molecule has 0 aliphatic carbocycles. The molecule has 0 amide bonds. The van der Waals surface area contributed by atoms with E-state index < -0.39 is 0 Å². The predicted octanol–water partition coefficient (Wildman–Crippen LogP) is 3.07. The zero-order valence-electron chi connectivity index (χ0n) is 17.0. The molecular weight excluding hydrogens is 388 g/mol. The van der Waals surface area contributed by atoms with Crippen molar-refractivity contribution in [3.63, 3.8) is 0 Å². The molecule has 154 valence electrons. The average Bonchev–Trinajstić information content (AvgIpc) is 3.20. The van der Waals surface area contributed by atoms with E-state index >= 15 is 0 Å². The molecule has 0 spiro atoms. The minimum atomic E-state index is -0.0338. The molecule has 1 aliphatic rings. The Labute approximate surface area is 179 Å². The smallest absolute Gasteiger partial charge is 0.155 e. The third-order valence-corrected chi connectivity index (χ3v) is 5.30. The number of aromatic nitrogens is 2. The number of nitrogens with one attached hydrogen (secondary N) is 2. The second kappa shape index (κ2) is 7.91. The number of aromatic amines is 1. The van der Waals surface area contributed by atoms with Crippen LogP contribution in [0.2, 0.25) is 0 Å². The fourth-order valence-electron chi connectivity index (χ4n) is 3.72. The molecule has 6 nitrogen and oxygen atoms in total. The lowest BCUT2D eigenvalue weighted by Gasteiger charge is -2.22. The second-order valence-corrected chi connectivity index (χ2v) is 7.27. The van der Waals surface area contributed by atoms with Crippen molar-refractivity contribution in [2.75, 3.05) is 12.8 Å². The maximum atomic E-state index is 6.18. The molecule has 1 aromatic heterocycles. The molecule has 0 fully saturated rings. The molecule has 0 saturated heterocycles. The van der Waals surface area contributed by atoms with E-state index in [9.17, 15) is 0 Å². The lowest BCUT2D eigenvalue weighted by Crippen LogP contribution is -2.39. The Morgan fingerprint density at radius 1 is 0.839 bits per heavy atom. The van der Waals surface area contributed by atoms with E-state index in [1.54, 1.807) is 7.11 Å². The first-order valence-electron chi connectivity index (χ1n) is 10.0. The van der Waals surface area contributed by atoms with Crippen molar-refractivity contribution >= 4 is 17.6 Å². The molecule has 1 unspecified atom stereocenters. The van der Waals surface area contributed by atoms with E-state index in [0.717, 1.165) is 44.6 Å². The van der Waals surface area contributed by atoms with Crippen molar-refractivity contribution in [2.24, 2.45) is 0 Å². The average molecular weight is 410 g/mol. The number of anilines is 1. The van der Waals surface area contributed by atoms with Gasteiger partial charge in [0, 0.05) is 0 Å². The fraction of sp³-hybridized carbons (Fsp3) is 0.0800. The third-order valence-electron chi connectivity index (χ3n) is 5.30. The molecule has 1 aliphatic heterocycles. The minimum absolute atomic E-state index is 0.0338. The van der Waals surface area contributed by atoms with Gasteiger partial charge in [-0.1, -0.05) is 30.3 Å². The summed E-state index contributed by atoms with van der Waals surface area (Å²) >= 11 is 0. The number of nitrogen functional groups attached to an aromatic ring is 1. The summed E-state index contributed by atoms with van der Waals surface area (Å²) in [5.74, 6) is 2.86. The van der Waals surface area contributed by atoms with Gasteiger partial charge < -0.3 is 20.5 Å². The summed E-state index contributed by atoms with van der Waals surface area (Å²) in [5, 5.41) is 12.7. The molecule has 4 N–H and O–H groups in total. The highest BCUT2D eigenvalue weighted by Gasteiger charge is 2.19. The predicted molar refractivity (Wildman–Crippen MR) is 121 cm³/mol. The normalized spacial score (nSPS) is 14.9. The van der Waals surface area contributed by atoms with Crippen molar-refractivity contribution in [1.29, 1.82) is 0 Å². The fourth-order valence-corrected chi connectivity index (χ4v) is 3.72. The molecule has 6 heteroatoms. The van der Waals surface area contributed by atoms with Gasteiger partial charge in [0.25, 0.3) is 0 Å². The maximum absolute atomic E-state index is 6.18. The highest BCUT2D eigenvalue weighted by molar-refractivity contribution is 5.71. The van der Waals surface area contributed by atoms with Crippen LogP contribution in [-0.4, -0.2) is 17.3 Å². The van der Waals surface area contributed by atoms with Gasteiger partial charge in [0.1, 0.15) is 17.2 Å². The molecule has 0 radical (unpaired) electrons. The number of hydrogen-bond acceptors (Lipinski definition) is 5. The van der Waals surface area contributed by atoms with Gasteiger partial charge in [0.2, 0.25) is 0 Å². The number of nitrogens with two attached hydrogens (primary N) is 1. The number of nitrogens with zero attached hydrogens (tertiary/aromatic N) is 1. The van der Waals surface area contributed by atoms with Crippen LogP contribution in [-0.2, 0) is 0 Å². The molecule has 3 aromatic carbocycles. The third kappa shape index (κ3) is 3.71. The highest BCUT2D eigenvalue weighted by atomic mass is 16.5. The van der Waals surface area contributed by atoms with Crippen LogP contribution in [0.4, 0.5) is 5.82 Å². The Kier molecular flexibility index (Phi) is 4.80. The first kappa shape index (κ1) is 18.8. The highest BCUT2D eigenvalue weighted by Crippen LogP contribution is 2.26. The number of para-hydroxylation sites is 1. The van der Waals surface area contributed by atoms with Crippen LogP contribution in [0.3, 0.4) is 0 Å². The van der Waals surface area contributed by atoms with Crippen molar-refractivity contribution in [1.82, 2.24) is 15.5 Å². The Balaban J connectivity index is 1.50. The molecule has 4 aromatic rings. The first-order valence-corrected chi connectivity index (χ1v) is 10.0. The number of rotatable bonds is 5. The summed E-state index contributed by atoms with van der Waals surface area (Å²) in [6.07, 6.45) is 2.09. The SMILES string of the molecule is COc1ccc(C2C=c3[nH]nc(N)c3=C(c3ccc(Oc4ccccc4)cc3)N2)cc1. The summed E-state index contributed by atoms with van der Waals surface area (Å²) in [4.78, 5) is 0. The second-order valence-electron chi connectivity index (χ2n) is 7.27. The Hall–Kier alpha value is -4.19. The van der Waals surface area contributed by atoms with Crippen molar-refractivity contribution < 1.29 is 9.47 Å². The Morgan fingerprint density at radius 3 is 2.23 bits per heavy atom. The van der Waals surface area contributed by atoms with E-state index in [4.69, 9.17) is 15.2 Å². The van der Waals surface area contributed by atoms with Gasteiger partial charge in [-0.2, -0.15) is 5.10 Å². The van der Waals surface area contributed by atoms with Crippen molar-refractivity contribution in [3.05, 3.63) is 101 Å². The number of methoxy groups -OCH3 is 1. The number of hydrogen-bond donors (Lipinski definition) is 3. The zero-order chi connectivity index (χ0) is 21.2. The van der Waals surface area contributed by atoms with Crippen LogP contribution in [0.25, 0.3) is 11.8 Å². The maximum Gasteiger partial charge on any atom is 0.155 e. The molecule has 31 heavy (non-hydrogen) atoms. The molecule has 1 atom stereocenters. The quantitative estimate of drug-likeness (QED) is 0.471. The lowest BCUT2D eigenvalue weighted by atomic mass is 10.00. The monoisotopic (exact) mass is 410 g/mol. The van der Waals surface area contributed by atoms with Crippen LogP contribution < -0.4 is 31.1 Å². The summed E-state index contributed by atoms with van der Waals surface area (Å²) in [6.45, 7) is 0. The van der Waals surface area contributed by atoms with Gasteiger partial charge in [0.15, 0.2) is 5.82 Å². The minimum Gasteiger partial charge on any atom is -0.497 e. The van der Waals surface area contributed by atoms with E-state index in [2.05, 4.69) is 21.6 Å². The van der Waals surface area contributed by atoms with Crippen LogP contribution in [0.15, 0.2) is 78.9 Å². The number of H-pyrrole nitrogens is 1. The Morgan fingerprint density at radius 2 is 1.52 bits per heavy atom. The van der Waals surface area contributed by atoms with Crippen LogP contribution >= 0.6 is 0 Å². The topological polar surface area (TPSA) is 85.2 Å². The summed E-state index contributed by atoms with van der Waals surface area (Å²) in [6, 6.07) is 25.6. The molecule has 2 heterocycles.